The zero-order chi connectivity index (χ0) is 47.9. The minimum Gasteiger partial charge on any atom is -0.455 e. The van der Waals surface area contributed by atoms with E-state index >= 15 is 0 Å². The largest absolute Gasteiger partial charge is 0.455 e. The van der Waals surface area contributed by atoms with Crippen LogP contribution >= 0.6 is 0 Å². The number of fused-ring (bicyclic) bond motifs is 18. The van der Waals surface area contributed by atoms with E-state index in [1.54, 1.807) is 0 Å². The molecule has 2 aliphatic heterocycles. The minimum absolute atomic E-state index is 0.0194. The number of hydrogen-bond donors (Lipinski definition) is 0. The summed E-state index contributed by atoms with van der Waals surface area (Å²) in [7, 11) is 0. The summed E-state index contributed by atoms with van der Waals surface area (Å²) in [5.41, 5.74) is 26.5. The summed E-state index contributed by atoms with van der Waals surface area (Å²) in [5, 5.41) is 5.10. The van der Waals surface area contributed by atoms with Crippen molar-refractivity contribution >= 4 is 72.9 Å². The molecule has 0 radical (unpaired) electrons. The van der Waals surface area contributed by atoms with Gasteiger partial charge in [-0.05, 0) is 162 Å². The molecule has 4 heteroatoms. The normalized spacial score (nSPS) is 19.4. The molecule has 0 amide bonds. The standard InChI is InChI=1S/C65H65BN2O/c1-60(2,3)36-22-24-37(25-23-36)68-51-35-48-46(62(6,7)27-29-64(48,10)11)31-42(51)56-57-58-54(55-39-19-15-17-21-53(39)69-59(55)56)41-30-45-47(63(8,9)28-26-61(45,4)5)34-50(41)67(58)52-32-40-38-18-14-16-20-43(38)65(12,13)44(40)33-49(52)66(57)68/h14-25,30-35H,26-29H2,1-13H3. The predicted octanol–water partition coefficient (Wildman–Crippen LogP) is 16.2. The van der Waals surface area contributed by atoms with Gasteiger partial charge < -0.3 is 13.8 Å². The van der Waals surface area contributed by atoms with Crippen molar-refractivity contribution in [1.29, 1.82) is 0 Å². The molecule has 5 aliphatic rings. The van der Waals surface area contributed by atoms with Gasteiger partial charge in [0.2, 0.25) is 0 Å². The molecule has 9 aromatic rings. The molecule has 14 rings (SSSR count). The van der Waals surface area contributed by atoms with Crippen LogP contribution in [0.4, 0.5) is 11.4 Å². The molecule has 0 N–H and O–H groups in total. The van der Waals surface area contributed by atoms with Crippen LogP contribution in [-0.4, -0.2) is 11.4 Å². The summed E-state index contributed by atoms with van der Waals surface area (Å²) in [6.45, 7) is 31.6. The molecule has 69 heavy (non-hydrogen) atoms. The monoisotopic (exact) mass is 901 g/mol. The van der Waals surface area contributed by atoms with Crippen molar-refractivity contribution in [3.63, 3.8) is 0 Å². The molecular formula is C65H65BN2O. The van der Waals surface area contributed by atoms with Crippen molar-refractivity contribution in [2.45, 2.75) is 148 Å². The molecule has 344 valence electrons. The smallest absolute Gasteiger partial charge is 0.333 e. The lowest BCUT2D eigenvalue weighted by atomic mass is 9.43. The third-order valence-electron chi connectivity index (χ3n) is 18.8. The van der Waals surface area contributed by atoms with E-state index in [0.717, 1.165) is 24.0 Å². The fourth-order valence-corrected chi connectivity index (χ4v) is 14.5. The fourth-order valence-electron chi connectivity index (χ4n) is 14.5. The Hall–Kier alpha value is -6.00. The second-order valence-electron chi connectivity index (χ2n) is 26.2. The topological polar surface area (TPSA) is 21.3 Å². The first-order chi connectivity index (χ1) is 32.6. The first kappa shape index (κ1) is 41.9. The first-order valence-electron chi connectivity index (χ1n) is 26.0. The maximum atomic E-state index is 7.47. The second-order valence-corrected chi connectivity index (χ2v) is 26.2. The van der Waals surface area contributed by atoms with Gasteiger partial charge in [-0.2, -0.15) is 0 Å². The Labute approximate surface area is 409 Å². The highest BCUT2D eigenvalue weighted by molar-refractivity contribution is 6.94. The van der Waals surface area contributed by atoms with Crippen LogP contribution in [0.15, 0.2) is 114 Å². The quantitative estimate of drug-likeness (QED) is 0.153. The summed E-state index contributed by atoms with van der Waals surface area (Å²) in [4.78, 5) is 2.77. The molecule has 0 saturated heterocycles. The van der Waals surface area contributed by atoms with Crippen molar-refractivity contribution in [2.24, 2.45) is 0 Å². The molecule has 3 nitrogen and oxygen atoms in total. The Balaban J connectivity index is 1.24. The number of aromatic nitrogens is 1. The summed E-state index contributed by atoms with van der Waals surface area (Å²) in [6, 6.07) is 43.5. The van der Waals surface area contributed by atoms with Gasteiger partial charge in [0.05, 0.1) is 11.0 Å². The molecule has 0 atom stereocenters. The number of hydrogen-bond acceptors (Lipinski definition) is 2. The SMILES string of the molecule is CC(C)(C)c1ccc(N2B3c4cc5c(cc4-n4c6cc7c(cc6c6c8c(oc9ccccc98)c(c3c64)-c3cc4c(cc32)C(C)(C)CCC4(C)C)C(C)(C)CCC7(C)C)-c2ccccc2C5(C)C)cc1. The van der Waals surface area contributed by atoms with Crippen LogP contribution in [0.1, 0.15) is 155 Å². The second kappa shape index (κ2) is 12.9. The number of furan rings is 1. The van der Waals surface area contributed by atoms with Gasteiger partial charge in [0.25, 0.3) is 0 Å². The molecule has 2 aromatic heterocycles. The van der Waals surface area contributed by atoms with Crippen LogP contribution in [0, 0.1) is 0 Å². The lowest BCUT2D eigenvalue weighted by Gasteiger charge is -2.46. The van der Waals surface area contributed by atoms with E-state index in [1.165, 1.54) is 135 Å². The minimum atomic E-state index is -0.171. The van der Waals surface area contributed by atoms with E-state index in [1.807, 2.05) is 0 Å². The Kier molecular flexibility index (Phi) is 7.81. The van der Waals surface area contributed by atoms with Crippen LogP contribution in [0.3, 0.4) is 0 Å². The molecule has 0 saturated carbocycles. The van der Waals surface area contributed by atoms with E-state index in [0.29, 0.717) is 0 Å². The Morgan fingerprint density at radius 2 is 1.13 bits per heavy atom. The maximum Gasteiger partial charge on any atom is 0.333 e. The van der Waals surface area contributed by atoms with Gasteiger partial charge in [-0.15, -0.1) is 0 Å². The van der Waals surface area contributed by atoms with Crippen molar-refractivity contribution in [1.82, 2.24) is 4.57 Å². The molecule has 7 aromatic carbocycles. The number of para-hydroxylation sites is 1. The lowest BCUT2D eigenvalue weighted by molar-refractivity contribution is 0.332. The highest BCUT2D eigenvalue weighted by atomic mass is 16.3. The number of benzene rings is 7. The van der Waals surface area contributed by atoms with Crippen molar-refractivity contribution in [3.05, 3.63) is 148 Å². The number of nitrogens with zero attached hydrogens (tertiary/aromatic N) is 2. The number of rotatable bonds is 1. The van der Waals surface area contributed by atoms with Crippen LogP contribution in [0.25, 0.3) is 71.7 Å². The molecule has 0 unspecified atom stereocenters. The molecule has 4 heterocycles. The predicted molar refractivity (Wildman–Crippen MR) is 294 cm³/mol. The van der Waals surface area contributed by atoms with Crippen LogP contribution in [-0.2, 0) is 32.5 Å². The van der Waals surface area contributed by atoms with Gasteiger partial charge in [0.15, 0.2) is 0 Å². The molecule has 0 fully saturated rings. The zero-order valence-electron chi connectivity index (χ0n) is 43.1. The van der Waals surface area contributed by atoms with Gasteiger partial charge >= 0.3 is 6.85 Å². The van der Waals surface area contributed by atoms with Gasteiger partial charge in [-0.25, -0.2) is 0 Å². The third-order valence-corrected chi connectivity index (χ3v) is 18.8. The summed E-state index contributed by atoms with van der Waals surface area (Å²) < 4.78 is 10.2. The Bertz CT molecular complexity index is 3800. The maximum absolute atomic E-state index is 7.47. The lowest BCUT2D eigenvalue weighted by Crippen LogP contribution is -2.61. The van der Waals surface area contributed by atoms with Gasteiger partial charge in [-0.1, -0.05) is 151 Å². The van der Waals surface area contributed by atoms with Crippen LogP contribution < -0.4 is 15.7 Å². The zero-order valence-corrected chi connectivity index (χ0v) is 43.1. The molecule has 0 bridgehead atoms. The summed E-state index contributed by atoms with van der Waals surface area (Å²) in [5.74, 6) is 0. The average molecular weight is 901 g/mol. The van der Waals surface area contributed by atoms with Gasteiger partial charge in [-0.3, -0.25) is 0 Å². The van der Waals surface area contributed by atoms with E-state index in [-0.39, 0.29) is 39.3 Å². The Morgan fingerprint density at radius 1 is 0.522 bits per heavy atom. The molecular weight excluding hydrogens is 836 g/mol. The van der Waals surface area contributed by atoms with Crippen molar-refractivity contribution in [3.8, 4) is 27.9 Å². The van der Waals surface area contributed by atoms with E-state index in [9.17, 15) is 0 Å². The van der Waals surface area contributed by atoms with Crippen LogP contribution in [0.5, 0.6) is 0 Å². The summed E-state index contributed by atoms with van der Waals surface area (Å²) in [6.07, 6.45) is 4.64. The Morgan fingerprint density at radius 3 is 1.81 bits per heavy atom. The number of anilines is 2. The first-order valence-corrected chi connectivity index (χ1v) is 26.0. The van der Waals surface area contributed by atoms with E-state index in [4.69, 9.17) is 4.42 Å². The van der Waals surface area contributed by atoms with E-state index in [2.05, 4.69) is 209 Å². The average Bonchev–Trinajstić information content (AvgIpc) is 3.93. The third kappa shape index (κ3) is 5.26. The van der Waals surface area contributed by atoms with Gasteiger partial charge in [0, 0.05) is 55.1 Å². The molecule has 3 aliphatic carbocycles. The van der Waals surface area contributed by atoms with Crippen LogP contribution in [0.2, 0.25) is 0 Å². The highest BCUT2D eigenvalue weighted by Gasteiger charge is 2.50. The summed E-state index contributed by atoms with van der Waals surface area (Å²) >= 11 is 0. The highest BCUT2D eigenvalue weighted by Crippen LogP contribution is 2.58. The van der Waals surface area contributed by atoms with Crippen molar-refractivity contribution in [2.75, 3.05) is 4.81 Å². The van der Waals surface area contributed by atoms with Gasteiger partial charge in [0.1, 0.15) is 11.2 Å². The van der Waals surface area contributed by atoms with E-state index < -0.39 is 0 Å². The van der Waals surface area contributed by atoms with Crippen molar-refractivity contribution < 1.29 is 4.42 Å². The molecule has 0 spiro atoms. The fraction of sp³-hybridized carbons (Fsp3) is 0.354.